The fourth-order valence-electron chi connectivity index (χ4n) is 2.02. The molecule has 1 atom stereocenters. The summed E-state index contributed by atoms with van der Waals surface area (Å²) in [5, 5.41) is 4.14. The Morgan fingerprint density at radius 2 is 2.00 bits per heavy atom. The van der Waals surface area contributed by atoms with Crippen LogP contribution >= 0.6 is 39.1 Å². The van der Waals surface area contributed by atoms with Crippen molar-refractivity contribution in [2.75, 3.05) is 12.4 Å². The van der Waals surface area contributed by atoms with Gasteiger partial charge in [-0.15, -0.1) is 0 Å². The first-order valence-corrected chi connectivity index (χ1v) is 7.90. The second-order valence-corrected chi connectivity index (χ2v) is 6.29. The van der Waals surface area contributed by atoms with E-state index in [1.54, 1.807) is 13.2 Å². The van der Waals surface area contributed by atoms with Crippen LogP contribution in [0.2, 0.25) is 10.3 Å². The molecule has 0 saturated heterocycles. The van der Waals surface area contributed by atoms with E-state index in [-0.39, 0.29) is 6.04 Å². The van der Waals surface area contributed by atoms with Crippen LogP contribution in [-0.2, 0) is 0 Å². The van der Waals surface area contributed by atoms with Crippen molar-refractivity contribution in [3.05, 3.63) is 50.2 Å². The lowest BCUT2D eigenvalue weighted by Gasteiger charge is -2.19. The molecule has 0 aliphatic carbocycles. The predicted molar refractivity (Wildman–Crippen MR) is 91.7 cm³/mol. The lowest BCUT2D eigenvalue weighted by Crippen LogP contribution is -2.09. The van der Waals surface area contributed by atoms with Crippen LogP contribution in [0.3, 0.4) is 0 Å². The van der Waals surface area contributed by atoms with Gasteiger partial charge < -0.3 is 10.1 Å². The molecule has 1 aromatic heterocycles. The van der Waals surface area contributed by atoms with E-state index in [0.717, 1.165) is 27.0 Å². The van der Waals surface area contributed by atoms with Gasteiger partial charge in [-0.2, -0.15) is 0 Å². The summed E-state index contributed by atoms with van der Waals surface area (Å²) in [6.07, 6.45) is 0. The van der Waals surface area contributed by atoms with Crippen molar-refractivity contribution in [1.29, 1.82) is 0 Å². The Kier molecular flexibility index (Phi) is 5.36. The van der Waals surface area contributed by atoms with Gasteiger partial charge in [0, 0.05) is 6.04 Å². The van der Waals surface area contributed by atoms with Crippen LogP contribution in [0.1, 0.15) is 24.1 Å². The Morgan fingerprint density at radius 1 is 1.29 bits per heavy atom. The van der Waals surface area contributed by atoms with E-state index in [1.165, 1.54) is 0 Å². The average molecular weight is 390 g/mol. The summed E-state index contributed by atoms with van der Waals surface area (Å²) in [6, 6.07) is 7.79. The van der Waals surface area contributed by atoms with Crippen molar-refractivity contribution in [1.82, 2.24) is 4.98 Å². The molecule has 2 aromatic rings. The number of rotatable bonds is 4. The molecule has 0 aliphatic heterocycles. The maximum absolute atomic E-state index is 6.16. The number of nitrogens with zero attached hydrogens (tertiary/aromatic N) is 1. The average Bonchev–Trinajstić information content (AvgIpc) is 2.42. The molecular weight excluding hydrogens is 375 g/mol. The van der Waals surface area contributed by atoms with E-state index in [0.29, 0.717) is 10.3 Å². The first-order chi connectivity index (χ1) is 9.92. The highest BCUT2D eigenvalue weighted by atomic mass is 79.9. The zero-order chi connectivity index (χ0) is 15.6. The largest absolute Gasteiger partial charge is 0.496 e. The van der Waals surface area contributed by atoms with Crippen molar-refractivity contribution in [3.63, 3.8) is 0 Å². The van der Waals surface area contributed by atoms with Gasteiger partial charge in [-0.05, 0) is 59.1 Å². The number of benzene rings is 1. The maximum Gasteiger partial charge on any atom is 0.154 e. The number of aryl methyl sites for hydroxylation is 1. The first kappa shape index (κ1) is 16.4. The van der Waals surface area contributed by atoms with Crippen LogP contribution in [0, 0.1) is 6.92 Å². The number of hydrogen-bond acceptors (Lipinski definition) is 3. The standard InChI is InChI=1S/C15H15BrCl2N2O/c1-8-6-13(17)20-15(18)14(8)19-9(2)10-4-5-12(21-3)11(16)7-10/h4-7,9,19H,1-3H3. The fraction of sp³-hybridized carbons (Fsp3) is 0.267. The predicted octanol–water partition coefficient (Wildman–Crippen LogP) is 5.64. The van der Waals surface area contributed by atoms with E-state index in [2.05, 4.69) is 33.2 Å². The van der Waals surface area contributed by atoms with E-state index in [9.17, 15) is 0 Å². The van der Waals surface area contributed by atoms with Crippen molar-refractivity contribution in [2.24, 2.45) is 0 Å². The number of hydrogen-bond donors (Lipinski definition) is 1. The van der Waals surface area contributed by atoms with Gasteiger partial charge >= 0.3 is 0 Å². The van der Waals surface area contributed by atoms with E-state index in [4.69, 9.17) is 27.9 Å². The molecule has 1 heterocycles. The Labute approximate surface area is 142 Å². The molecule has 0 spiro atoms. The summed E-state index contributed by atoms with van der Waals surface area (Å²) in [5.74, 6) is 0.799. The smallest absolute Gasteiger partial charge is 0.154 e. The summed E-state index contributed by atoms with van der Waals surface area (Å²) in [7, 11) is 1.64. The second-order valence-electron chi connectivity index (χ2n) is 4.69. The molecular formula is C15H15BrCl2N2O. The molecule has 3 nitrogen and oxygen atoms in total. The quantitative estimate of drug-likeness (QED) is 0.687. The molecule has 112 valence electrons. The lowest BCUT2D eigenvalue weighted by atomic mass is 10.1. The third-order valence-electron chi connectivity index (χ3n) is 3.18. The zero-order valence-corrected chi connectivity index (χ0v) is 15.0. The van der Waals surface area contributed by atoms with Gasteiger partial charge in [0.05, 0.1) is 17.3 Å². The van der Waals surface area contributed by atoms with Crippen molar-refractivity contribution in [3.8, 4) is 5.75 Å². The minimum atomic E-state index is 0.0615. The van der Waals surface area contributed by atoms with Gasteiger partial charge in [0.1, 0.15) is 10.9 Å². The molecule has 1 aromatic carbocycles. The molecule has 0 fully saturated rings. The summed E-state index contributed by atoms with van der Waals surface area (Å²) < 4.78 is 6.15. The van der Waals surface area contributed by atoms with Crippen molar-refractivity contribution >= 4 is 44.8 Å². The van der Waals surface area contributed by atoms with Crippen molar-refractivity contribution in [2.45, 2.75) is 19.9 Å². The Bertz CT molecular complexity index is 641. The number of anilines is 1. The molecule has 0 amide bonds. The number of nitrogens with one attached hydrogen (secondary N) is 1. The van der Waals surface area contributed by atoms with Crippen LogP contribution in [0.15, 0.2) is 28.7 Å². The van der Waals surface area contributed by atoms with Crippen LogP contribution in [0.5, 0.6) is 5.75 Å². The van der Waals surface area contributed by atoms with Gasteiger partial charge in [-0.25, -0.2) is 4.98 Å². The summed E-state index contributed by atoms with van der Waals surface area (Å²) in [4.78, 5) is 4.07. The highest BCUT2D eigenvalue weighted by molar-refractivity contribution is 9.10. The number of ether oxygens (including phenoxy) is 1. The van der Waals surface area contributed by atoms with Gasteiger partial charge in [0.15, 0.2) is 5.15 Å². The lowest BCUT2D eigenvalue weighted by molar-refractivity contribution is 0.412. The normalized spacial score (nSPS) is 12.1. The highest BCUT2D eigenvalue weighted by Crippen LogP contribution is 2.32. The summed E-state index contributed by atoms with van der Waals surface area (Å²) >= 11 is 15.5. The summed E-state index contributed by atoms with van der Waals surface area (Å²) in [5.41, 5.74) is 2.85. The van der Waals surface area contributed by atoms with Crippen LogP contribution in [-0.4, -0.2) is 12.1 Å². The van der Waals surface area contributed by atoms with Crippen LogP contribution in [0.25, 0.3) is 0 Å². The monoisotopic (exact) mass is 388 g/mol. The Morgan fingerprint density at radius 3 is 2.57 bits per heavy atom. The highest BCUT2D eigenvalue weighted by Gasteiger charge is 2.13. The third kappa shape index (κ3) is 3.82. The molecule has 0 saturated carbocycles. The topological polar surface area (TPSA) is 34.1 Å². The number of pyridine rings is 1. The third-order valence-corrected chi connectivity index (χ3v) is 4.26. The van der Waals surface area contributed by atoms with E-state index >= 15 is 0 Å². The van der Waals surface area contributed by atoms with E-state index < -0.39 is 0 Å². The zero-order valence-electron chi connectivity index (χ0n) is 11.9. The molecule has 1 N–H and O–H groups in total. The van der Waals surface area contributed by atoms with Crippen molar-refractivity contribution < 1.29 is 4.74 Å². The SMILES string of the molecule is COc1ccc(C(C)Nc2c(C)cc(Cl)nc2Cl)cc1Br. The molecule has 0 bridgehead atoms. The molecule has 0 aliphatic rings. The molecule has 6 heteroatoms. The fourth-order valence-corrected chi connectivity index (χ4v) is 3.17. The van der Waals surface area contributed by atoms with Gasteiger partial charge in [-0.3, -0.25) is 0 Å². The number of methoxy groups -OCH3 is 1. The first-order valence-electron chi connectivity index (χ1n) is 6.35. The number of aromatic nitrogens is 1. The molecule has 0 radical (unpaired) electrons. The molecule has 2 rings (SSSR count). The Balaban J connectivity index is 2.26. The second kappa shape index (κ2) is 6.86. The minimum Gasteiger partial charge on any atom is -0.496 e. The Hall–Kier alpha value is -0.970. The van der Waals surface area contributed by atoms with Gasteiger partial charge in [0.25, 0.3) is 0 Å². The summed E-state index contributed by atoms with van der Waals surface area (Å²) in [6.45, 7) is 4.00. The molecule has 1 unspecified atom stereocenters. The minimum absolute atomic E-state index is 0.0615. The van der Waals surface area contributed by atoms with Gasteiger partial charge in [-0.1, -0.05) is 29.3 Å². The van der Waals surface area contributed by atoms with Gasteiger partial charge in [0.2, 0.25) is 0 Å². The number of halogens is 3. The maximum atomic E-state index is 6.16. The van der Waals surface area contributed by atoms with Crippen LogP contribution in [0.4, 0.5) is 5.69 Å². The van der Waals surface area contributed by atoms with Crippen LogP contribution < -0.4 is 10.1 Å². The molecule has 21 heavy (non-hydrogen) atoms. The van der Waals surface area contributed by atoms with E-state index in [1.807, 2.05) is 25.1 Å².